The van der Waals surface area contributed by atoms with Gasteiger partial charge in [0.1, 0.15) is 0 Å². The van der Waals surface area contributed by atoms with E-state index in [1.807, 2.05) is 30.5 Å². The number of rotatable bonds is 3. The van der Waals surface area contributed by atoms with E-state index in [1.54, 1.807) is 18.4 Å². The summed E-state index contributed by atoms with van der Waals surface area (Å²) >= 11 is 5.09. The lowest BCUT2D eigenvalue weighted by Crippen LogP contribution is -2.62. The lowest BCUT2D eigenvalue weighted by atomic mass is 9.76. The lowest BCUT2D eigenvalue weighted by Gasteiger charge is -2.45. The second kappa shape index (κ2) is 6.57. The van der Waals surface area contributed by atoms with Gasteiger partial charge >= 0.3 is 0 Å². The van der Waals surface area contributed by atoms with Crippen molar-refractivity contribution < 1.29 is 4.79 Å². The topological polar surface area (TPSA) is 56.2 Å². The van der Waals surface area contributed by atoms with Gasteiger partial charge < -0.3 is 5.32 Å². The molecule has 6 heteroatoms. The first-order valence-electron chi connectivity index (χ1n) is 8.22. The number of nitrogens with zero attached hydrogens (tertiary/aromatic N) is 1. The zero-order chi connectivity index (χ0) is 18.4. The Morgan fingerprint density at radius 1 is 1.32 bits per heavy atom. The van der Waals surface area contributed by atoms with Crippen LogP contribution in [0.15, 0.2) is 40.2 Å². The maximum atomic E-state index is 13.1. The van der Waals surface area contributed by atoms with Gasteiger partial charge in [-0.2, -0.15) is 0 Å². The summed E-state index contributed by atoms with van der Waals surface area (Å²) in [6, 6.07) is 10.3. The molecule has 1 amide bonds. The lowest BCUT2D eigenvalue weighted by molar-refractivity contribution is -0.131. The van der Waals surface area contributed by atoms with E-state index in [0.717, 1.165) is 14.9 Å². The molecule has 1 aliphatic heterocycles. The highest BCUT2D eigenvalue weighted by Crippen LogP contribution is 2.43. The van der Waals surface area contributed by atoms with Gasteiger partial charge in [0.2, 0.25) is 5.91 Å². The van der Waals surface area contributed by atoms with Gasteiger partial charge in [-0.25, -0.2) is 0 Å². The van der Waals surface area contributed by atoms with E-state index in [0.29, 0.717) is 5.92 Å². The quantitative estimate of drug-likeness (QED) is 0.761. The Kier molecular flexibility index (Phi) is 4.77. The van der Waals surface area contributed by atoms with Crippen molar-refractivity contribution in [3.8, 4) is 0 Å². The van der Waals surface area contributed by atoms with Crippen molar-refractivity contribution in [3.05, 3.63) is 56.2 Å². The van der Waals surface area contributed by atoms with Crippen molar-refractivity contribution in [2.75, 3.05) is 7.05 Å². The average Bonchev–Trinajstić information content (AvgIpc) is 3.00. The number of carbonyl (C=O) groups excluding carboxylic acids is 1. The van der Waals surface area contributed by atoms with Gasteiger partial charge in [0.25, 0.3) is 0 Å². The number of carbonyl (C=O) groups is 1. The molecule has 0 radical (unpaired) electrons. The predicted octanol–water partition coefficient (Wildman–Crippen LogP) is 4.63. The van der Waals surface area contributed by atoms with E-state index in [2.05, 4.69) is 47.2 Å². The molecular weight excluding hydrogens is 398 g/mol. The van der Waals surface area contributed by atoms with E-state index in [1.165, 1.54) is 10.5 Å². The van der Waals surface area contributed by atoms with E-state index < -0.39 is 11.5 Å². The van der Waals surface area contributed by atoms with Crippen LogP contribution in [0, 0.1) is 5.41 Å². The SMILES string of the molecule is CC(C)c1ccc([C@@H]2C(=O)N(C)C(=N)N[C@]2(C)c2cc(Br)cs2)cc1. The molecule has 0 spiro atoms. The molecule has 4 nitrogen and oxygen atoms in total. The first kappa shape index (κ1) is 18.1. The molecule has 1 fully saturated rings. The van der Waals surface area contributed by atoms with E-state index in [4.69, 9.17) is 5.41 Å². The summed E-state index contributed by atoms with van der Waals surface area (Å²) in [5.41, 5.74) is 1.56. The van der Waals surface area contributed by atoms with Crippen LogP contribution >= 0.6 is 27.3 Å². The molecule has 2 atom stereocenters. The largest absolute Gasteiger partial charge is 0.345 e. The van der Waals surface area contributed by atoms with Gasteiger partial charge in [-0.1, -0.05) is 38.1 Å². The van der Waals surface area contributed by atoms with Gasteiger partial charge in [-0.3, -0.25) is 15.1 Å². The van der Waals surface area contributed by atoms with E-state index >= 15 is 0 Å². The predicted molar refractivity (Wildman–Crippen MR) is 106 cm³/mol. The maximum absolute atomic E-state index is 13.1. The third-order valence-electron chi connectivity index (χ3n) is 4.88. The van der Waals surface area contributed by atoms with Crippen LogP contribution in [0.3, 0.4) is 0 Å². The van der Waals surface area contributed by atoms with Gasteiger partial charge in [0.15, 0.2) is 5.96 Å². The van der Waals surface area contributed by atoms with E-state index in [9.17, 15) is 4.79 Å². The molecule has 25 heavy (non-hydrogen) atoms. The fourth-order valence-electron chi connectivity index (χ4n) is 3.29. The van der Waals surface area contributed by atoms with Crippen molar-refractivity contribution in [2.45, 2.75) is 38.1 Å². The molecule has 0 saturated carbocycles. The van der Waals surface area contributed by atoms with Crippen molar-refractivity contribution in [1.82, 2.24) is 10.2 Å². The first-order chi connectivity index (χ1) is 11.7. The monoisotopic (exact) mass is 419 g/mol. The minimum absolute atomic E-state index is 0.0620. The fraction of sp³-hybridized carbons (Fsp3) is 0.368. The van der Waals surface area contributed by atoms with Gasteiger partial charge in [-0.15, -0.1) is 11.3 Å². The van der Waals surface area contributed by atoms with Crippen molar-refractivity contribution >= 4 is 39.1 Å². The summed E-state index contributed by atoms with van der Waals surface area (Å²) in [5, 5.41) is 13.4. The zero-order valence-electron chi connectivity index (χ0n) is 14.8. The number of thiophene rings is 1. The number of amides is 1. The Morgan fingerprint density at radius 2 is 1.96 bits per heavy atom. The van der Waals surface area contributed by atoms with Crippen LogP contribution in [0.5, 0.6) is 0 Å². The third kappa shape index (κ3) is 3.13. The molecule has 132 valence electrons. The standard InChI is InChI=1S/C19H22BrN3OS/c1-11(2)12-5-7-13(8-6-12)16-17(24)23(4)18(21)22-19(16,3)15-9-14(20)10-25-15/h5-11,16H,1-4H3,(H2,21,22)/t16-,19-/m1/s1. The third-order valence-corrected chi connectivity index (χ3v) is 6.81. The van der Waals surface area contributed by atoms with Crippen molar-refractivity contribution in [3.63, 3.8) is 0 Å². The summed E-state index contributed by atoms with van der Waals surface area (Å²) in [7, 11) is 1.65. The zero-order valence-corrected chi connectivity index (χ0v) is 17.2. The average molecular weight is 420 g/mol. The summed E-state index contributed by atoms with van der Waals surface area (Å²) in [6.07, 6.45) is 0. The number of likely N-dealkylation sites (N-methyl/N-ethyl adjacent to an activating group) is 1. The van der Waals surface area contributed by atoms with Gasteiger partial charge in [0, 0.05) is 21.8 Å². The van der Waals surface area contributed by atoms with Crippen LogP contribution in [0.2, 0.25) is 0 Å². The van der Waals surface area contributed by atoms with Crippen molar-refractivity contribution in [1.29, 1.82) is 5.41 Å². The Hall–Kier alpha value is -1.66. The Bertz CT molecular complexity index is 814. The number of hydrogen-bond donors (Lipinski definition) is 2. The summed E-state index contributed by atoms with van der Waals surface area (Å²) in [4.78, 5) is 15.5. The molecule has 0 bridgehead atoms. The molecule has 1 aromatic heterocycles. The van der Waals surface area contributed by atoms with Crippen LogP contribution in [0.1, 0.15) is 48.6 Å². The minimum Gasteiger partial charge on any atom is -0.345 e. The van der Waals surface area contributed by atoms with Crippen LogP contribution in [0.25, 0.3) is 0 Å². The van der Waals surface area contributed by atoms with Gasteiger partial charge in [0.05, 0.1) is 11.5 Å². The fourth-order valence-corrected chi connectivity index (χ4v) is 4.87. The highest BCUT2D eigenvalue weighted by molar-refractivity contribution is 9.10. The summed E-state index contributed by atoms with van der Waals surface area (Å²) in [6.45, 7) is 6.32. The van der Waals surface area contributed by atoms with Gasteiger partial charge in [-0.05, 0) is 46.0 Å². The molecular formula is C19H22BrN3OS. The molecule has 0 aliphatic carbocycles. The van der Waals surface area contributed by atoms with E-state index in [-0.39, 0.29) is 11.9 Å². The molecule has 1 aliphatic rings. The Morgan fingerprint density at radius 3 is 2.48 bits per heavy atom. The Balaban J connectivity index is 2.10. The number of guanidine groups is 1. The molecule has 1 saturated heterocycles. The van der Waals surface area contributed by atoms with Crippen LogP contribution in [0.4, 0.5) is 0 Å². The maximum Gasteiger partial charge on any atom is 0.239 e. The van der Waals surface area contributed by atoms with Crippen LogP contribution in [-0.2, 0) is 10.3 Å². The summed E-state index contributed by atoms with van der Waals surface area (Å²) in [5.74, 6) is 0.128. The molecule has 2 heterocycles. The van der Waals surface area contributed by atoms with Crippen LogP contribution < -0.4 is 5.32 Å². The number of hydrogen-bond acceptors (Lipinski definition) is 3. The first-order valence-corrected chi connectivity index (χ1v) is 9.90. The highest BCUT2D eigenvalue weighted by Gasteiger charge is 2.49. The second-order valence-electron chi connectivity index (χ2n) is 6.96. The molecule has 3 rings (SSSR count). The Labute approximate surface area is 160 Å². The summed E-state index contributed by atoms with van der Waals surface area (Å²) < 4.78 is 0.988. The number of halogens is 1. The molecule has 0 unspecified atom stereocenters. The molecule has 1 aromatic carbocycles. The van der Waals surface area contributed by atoms with Crippen LogP contribution in [-0.4, -0.2) is 23.8 Å². The minimum atomic E-state index is -0.656. The second-order valence-corrected chi connectivity index (χ2v) is 8.78. The number of benzene rings is 1. The smallest absolute Gasteiger partial charge is 0.239 e. The molecule has 2 N–H and O–H groups in total. The number of nitrogens with one attached hydrogen (secondary N) is 2. The highest BCUT2D eigenvalue weighted by atomic mass is 79.9. The van der Waals surface area contributed by atoms with Crippen molar-refractivity contribution in [2.24, 2.45) is 0 Å². The normalized spacial score (nSPS) is 23.9. The molecule has 2 aromatic rings.